The van der Waals surface area contributed by atoms with E-state index in [0.29, 0.717) is 0 Å². The molecule has 1 aromatic carbocycles. The zero-order chi connectivity index (χ0) is 15.7. The molecule has 0 saturated heterocycles. The maximum Gasteiger partial charge on any atom is 0.237 e. The smallest absolute Gasteiger partial charge is 0.237 e. The average molecular weight is 335 g/mol. The summed E-state index contributed by atoms with van der Waals surface area (Å²) in [6, 6.07) is 8.06. The molecule has 2 unspecified atom stereocenters. The maximum atomic E-state index is 12.5. The van der Waals surface area contributed by atoms with E-state index in [2.05, 4.69) is 27.9 Å². The molecule has 2 aromatic rings. The number of fused-ring (bicyclic) bond motifs is 1. The van der Waals surface area contributed by atoms with Crippen LogP contribution in [0.4, 0.5) is 0 Å². The van der Waals surface area contributed by atoms with Gasteiger partial charge in [-0.15, -0.1) is 12.4 Å². The number of nitrogens with one attached hydrogen (secondary N) is 2. The van der Waals surface area contributed by atoms with Crippen molar-refractivity contribution in [2.45, 2.75) is 38.9 Å². The van der Waals surface area contributed by atoms with Crippen molar-refractivity contribution in [1.82, 2.24) is 20.4 Å². The number of amides is 1. The van der Waals surface area contributed by atoms with Crippen LogP contribution >= 0.6 is 12.4 Å². The van der Waals surface area contributed by atoms with Crippen LogP contribution in [-0.2, 0) is 24.8 Å². The highest BCUT2D eigenvalue weighted by Crippen LogP contribution is 2.19. The molecule has 1 amide bonds. The van der Waals surface area contributed by atoms with Crippen molar-refractivity contribution >= 4 is 18.3 Å². The molecular formula is C17H23ClN4O. The largest absolute Gasteiger partial charge is 0.348 e. The zero-order valence-corrected chi connectivity index (χ0v) is 14.5. The summed E-state index contributed by atoms with van der Waals surface area (Å²) in [7, 11) is 1.91. The molecule has 0 aliphatic carbocycles. The van der Waals surface area contributed by atoms with Crippen molar-refractivity contribution in [1.29, 1.82) is 0 Å². The summed E-state index contributed by atoms with van der Waals surface area (Å²) in [6.07, 6.45) is 2.56. The van der Waals surface area contributed by atoms with Crippen LogP contribution in [-0.4, -0.2) is 21.7 Å². The highest BCUT2D eigenvalue weighted by Gasteiger charge is 2.25. The quantitative estimate of drug-likeness (QED) is 0.903. The highest BCUT2D eigenvalue weighted by atomic mass is 35.5. The fourth-order valence-corrected chi connectivity index (χ4v) is 2.97. The number of halogens is 1. The Kier molecular flexibility index (Phi) is 5.44. The predicted octanol–water partition coefficient (Wildman–Crippen LogP) is 2.04. The Labute approximate surface area is 142 Å². The minimum absolute atomic E-state index is 0. The lowest BCUT2D eigenvalue weighted by atomic mass is 9.95. The highest BCUT2D eigenvalue weighted by molar-refractivity contribution is 5.85. The molecular weight excluding hydrogens is 312 g/mol. The van der Waals surface area contributed by atoms with Crippen LogP contribution in [0, 0.1) is 6.92 Å². The van der Waals surface area contributed by atoms with Gasteiger partial charge in [-0.2, -0.15) is 5.10 Å². The minimum atomic E-state index is -0.172. The normalized spacial score (nSPS) is 17.8. The molecule has 3 rings (SSSR count). The monoisotopic (exact) mass is 334 g/mol. The lowest BCUT2D eigenvalue weighted by molar-refractivity contribution is -0.124. The molecule has 2 heterocycles. The van der Waals surface area contributed by atoms with Gasteiger partial charge in [-0.3, -0.25) is 9.48 Å². The Hall–Kier alpha value is -1.85. The molecule has 0 spiro atoms. The third kappa shape index (κ3) is 3.57. The van der Waals surface area contributed by atoms with Gasteiger partial charge in [0.2, 0.25) is 5.91 Å². The van der Waals surface area contributed by atoms with Gasteiger partial charge >= 0.3 is 0 Å². The lowest BCUT2D eigenvalue weighted by Crippen LogP contribution is -2.48. The number of carbonyl (C=O) groups is 1. The van der Waals surface area contributed by atoms with Gasteiger partial charge in [0.1, 0.15) is 0 Å². The second-order valence-electron chi connectivity index (χ2n) is 5.95. The van der Waals surface area contributed by atoms with E-state index in [9.17, 15) is 4.79 Å². The van der Waals surface area contributed by atoms with Crippen molar-refractivity contribution < 1.29 is 4.79 Å². The molecule has 6 heteroatoms. The van der Waals surface area contributed by atoms with Crippen molar-refractivity contribution in [2.75, 3.05) is 0 Å². The SMILES string of the molecule is Cc1c(C(C)NC(=O)C2Cc3ccccc3CN2)cnn1C.Cl. The van der Waals surface area contributed by atoms with E-state index in [1.54, 1.807) is 0 Å². The number of hydrogen-bond donors (Lipinski definition) is 2. The molecule has 124 valence electrons. The number of aryl methyl sites for hydroxylation is 1. The summed E-state index contributed by atoms with van der Waals surface area (Å²) in [5.41, 5.74) is 4.68. The maximum absolute atomic E-state index is 12.5. The molecule has 1 aliphatic heterocycles. The second-order valence-corrected chi connectivity index (χ2v) is 5.95. The Morgan fingerprint density at radius 1 is 1.39 bits per heavy atom. The summed E-state index contributed by atoms with van der Waals surface area (Å²) in [5, 5.41) is 10.7. The Balaban J connectivity index is 0.00000192. The van der Waals surface area contributed by atoms with E-state index in [0.717, 1.165) is 24.2 Å². The van der Waals surface area contributed by atoms with Gasteiger partial charge in [0, 0.05) is 24.8 Å². The first-order valence-electron chi connectivity index (χ1n) is 7.65. The van der Waals surface area contributed by atoms with Gasteiger partial charge in [-0.05, 0) is 31.4 Å². The van der Waals surface area contributed by atoms with Gasteiger partial charge in [0.05, 0.1) is 18.3 Å². The molecule has 2 N–H and O–H groups in total. The number of benzene rings is 1. The lowest BCUT2D eigenvalue weighted by Gasteiger charge is -2.26. The van der Waals surface area contributed by atoms with Crippen LogP contribution in [0.25, 0.3) is 0 Å². The summed E-state index contributed by atoms with van der Waals surface area (Å²) < 4.78 is 1.83. The second kappa shape index (κ2) is 7.15. The molecule has 0 radical (unpaired) electrons. The Morgan fingerprint density at radius 3 is 2.74 bits per heavy atom. The predicted molar refractivity (Wildman–Crippen MR) is 92.5 cm³/mol. The van der Waals surface area contributed by atoms with E-state index in [1.807, 2.05) is 43.9 Å². The number of aromatic nitrogens is 2. The topological polar surface area (TPSA) is 59.0 Å². The van der Waals surface area contributed by atoms with E-state index in [-0.39, 0.29) is 30.4 Å². The Bertz CT molecular complexity index is 698. The molecule has 0 bridgehead atoms. The molecule has 2 atom stereocenters. The first kappa shape index (κ1) is 17.5. The summed E-state index contributed by atoms with van der Waals surface area (Å²) in [5.74, 6) is 0.0465. The molecule has 1 aliphatic rings. The average Bonchev–Trinajstić information content (AvgIpc) is 2.86. The van der Waals surface area contributed by atoms with Gasteiger partial charge in [0.25, 0.3) is 0 Å². The van der Waals surface area contributed by atoms with Gasteiger partial charge in [-0.1, -0.05) is 24.3 Å². The van der Waals surface area contributed by atoms with Crippen LogP contribution in [0.5, 0.6) is 0 Å². The summed E-state index contributed by atoms with van der Waals surface area (Å²) in [4.78, 5) is 12.5. The number of rotatable bonds is 3. The van der Waals surface area contributed by atoms with Gasteiger partial charge in [-0.25, -0.2) is 0 Å². The third-order valence-electron chi connectivity index (χ3n) is 4.50. The van der Waals surface area contributed by atoms with Gasteiger partial charge in [0.15, 0.2) is 0 Å². The molecule has 1 aromatic heterocycles. The Morgan fingerprint density at radius 2 is 2.09 bits per heavy atom. The third-order valence-corrected chi connectivity index (χ3v) is 4.50. The van der Waals surface area contributed by atoms with E-state index in [1.165, 1.54) is 11.1 Å². The van der Waals surface area contributed by atoms with Crippen LogP contribution in [0.15, 0.2) is 30.5 Å². The first-order valence-corrected chi connectivity index (χ1v) is 7.65. The van der Waals surface area contributed by atoms with Crippen molar-refractivity contribution in [3.8, 4) is 0 Å². The van der Waals surface area contributed by atoms with Crippen molar-refractivity contribution in [3.63, 3.8) is 0 Å². The standard InChI is InChI=1S/C17H22N4O.ClH/c1-11(15-10-19-21(3)12(15)2)20-17(22)16-8-13-6-4-5-7-14(13)9-18-16;/h4-7,10-11,16,18H,8-9H2,1-3H3,(H,20,22);1H. The molecule has 0 fully saturated rings. The minimum Gasteiger partial charge on any atom is -0.348 e. The van der Waals surface area contributed by atoms with E-state index < -0.39 is 0 Å². The van der Waals surface area contributed by atoms with E-state index in [4.69, 9.17) is 0 Å². The van der Waals surface area contributed by atoms with Gasteiger partial charge < -0.3 is 10.6 Å². The number of carbonyl (C=O) groups excluding carboxylic acids is 1. The first-order chi connectivity index (χ1) is 10.6. The summed E-state index contributed by atoms with van der Waals surface area (Å²) >= 11 is 0. The molecule has 23 heavy (non-hydrogen) atoms. The van der Waals surface area contributed by atoms with Crippen molar-refractivity contribution in [2.24, 2.45) is 7.05 Å². The molecule has 0 saturated carbocycles. The van der Waals surface area contributed by atoms with E-state index >= 15 is 0 Å². The summed E-state index contributed by atoms with van der Waals surface area (Å²) in [6.45, 7) is 4.76. The van der Waals surface area contributed by atoms with Crippen LogP contribution in [0.1, 0.15) is 35.3 Å². The molecule has 5 nitrogen and oxygen atoms in total. The number of hydrogen-bond acceptors (Lipinski definition) is 3. The van der Waals surface area contributed by atoms with Crippen LogP contribution in [0.3, 0.4) is 0 Å². The fourth-order valence-electron chi connectivity index (χ4n) is 2.97. The van der Waals surface area contributed by atoms with Crippen LogP contribution in [0.2, 0.25) is 0 Å². The zero-order valence-electron chi connectivity index (χ0n) is 13.7. The van der Waals surface area contributed by atoms with Crippen LogP contribution < -0.4 is 10.6 Å². The van der Waals surface area contributed by atoms with Crippen molar-refractivity contribution in [3.05, 3.63) is 52.8 Å². The number of nitrogens with zero attached hydrogens (tertiary/aromatic N) is 2. The fraction of sp³-hybridized carbons (Fsp3) is 0.412.